The van der Waals surface area contributed by atoms with E-state index >= 15 is 0 Å². The zero-order valence-corrected chi connectivity index (χ0v) is 17.0. The Morgan fingerprint density at radius 1 is 1.27 bits per heavy atom. The molecule has 0 fully saturated rings. The smallest absolute Gasteiger partial charge is 0.338 e. The van der Waals surface area contributed by atoms with Crippen LogP contribution in [0.4, 0.5) is 11.4 Å². The van der Waals surface area contributed by atoms with Gasteiger partial charge in [-0.3, -0.25) is 14.9 Å². The molecule has 1 aliphatic heterocycles. The molecule has 0 bridgehead atoms. The van der Waals surface area contributed by atoms with Gasteiger partial charge in [0.05, 0.1) is 36.4 Å². The number of fused-ring (bicyclic) bond motifs is 1. The van der Waals surface area contributed by atoms with Crippen molar-refractivity contribution in [3.8, 4) is 5.75 Å². The second-order valence-electron chi connectivity index (χ2n) is 6.95. The third-order valence-corrected chi connectivity index (χ3v) is 4.93. The minimum absolute atomic E-state index is 0.0376. The normalized spacial score (nSPS) is 15.0. The molecule has 9 heteroatoms. The highest BCUT2D eigenvalue weighted by Gasteiger charge is 2.28. The van der Waals surface area contributed by atoms with Crippen LogP contribution in [0.3, 0.4) is 0 Å². The van der Waals surface area contributed by atoms with E-state index in [4.69, 9.17) is 4.74 Å². The average molecular weight is 413 g/mol. The van der Waals surface area contributed by atoms with Crippen molar-refractivity contribution in [3.05, 3.63) is 63.7 Å². The van der Waals surface area contributed by atoms with Crippen molar-refractivity contribution in [2.75, 3.05) is 38.7 Å². The lowest BCUT2D eigenvalue weighted by molar-refractivity contribution is -0.384. The number of hydrogen-bond acceptors (Lipinski definition) is 7. The van der Waals surface area contributed by atoms with Crippen molar-refractivity contribution in [2.45, 2.75) is 13.0 Å². The summed E-state index contributed by atoms with van der Waals surface area (Å²) in [5.41, 5.74) is 0.639. The Bertz CT molecular complexity index is 977. The van der Waals surface area contributed by atoms with Crippen LogP contribution in [0, 0.1) is 10.1 Å². The Morgan fingerprint density at radius 2 is 1.97 bits per heavy atom. The number of nitrogens with zero attached hydrogens (tertiary/aromatic N) is 3. The maximum Gasteiger partial charge on any atom is 0.338 e. The number of nitro groups is 1. The molecule has 1 aliphatic rings. The van der Waals surface area contributed by atoms with Gasteiger partial charge in [0.15, 0.2) is 0 Å². The standard InChI is InChI=1S/C21H23N3O6/c1-4-23-13-17(30-19-8-6-5-7-18(19)23)12-22(2)20(25)14-9-15(21(26)29-3)11-16(10-14)24(27)28/h5-11,17H,4,12-13H2,1-3H3/t17-/m0/s1. The highest BCUT2D eigenvalue weighted by Crippen LogP contribution is 2.33. The van der Waals surface area contributed by atoms with E-state index in [0.29, 0.717) is 6.54 Å². The molecular weight excluding hydrogens is 390 g/mol. The van der Waals surface area contributed by atoms with Crippen LogP contribution < -0.4 is 9.64 Å². The number of hydrogen-bond donors (Lipinski definition) is 0. The van der Waals surface area contributed by atoms with Crippen LogP contribution >= 0.6 is 0 Å². The third kappa shape index (κ3) is 4.35. The summed E-state index contributed by atoms with van der Waals surface area (Å²) < 4.78 is 10.7. The molecule has 0 N–H and O–H groups in total. The number of amides is 1. The van der Waals surface area contributed by atoms with E-state index in [1.807, 2.05) is 31.2 Å². The molecule has 1 amide bonds. The van der Waals surface area contributed by atoms with E-state index in [-0.39, 0.29) is 29.5 Å². The van der Waals surface area contributed by atoms with Crippen molar-refractivity contribution >= 4 is 23.3 Å². The first-order chi connectivity index (χ1) is 14.3. The van der Waals surface area contributed by atoms with Crippen LogP contribution in [-0.2, 0) is 4.74 Å². The number of likely N-dealkylation sites (N-methyl/N-ethyl adjacent to an activating group) is 2. The van der Waals surface area contributed by atoms with Crippen LogP contribution in [-0.4, -0.2) is 61.6 Å². The molecule has 0 spiro atoms. The fourth-order valence-electron chi connectivity index (χ4n) is 3.46. The van der Waals surface area contributed by atoms with E-state index in [1.165, 1.54) is 18.1 Å². The van der Waals surface area contributed by atoms with Crippen LogP contribution in [0.1, 0.15) is 27.6 Å². The quantitative estimate of drug-likeness (QED) is 0.408. The average Bonchev–Trinajstić information content (AvgIpc) is 2.76. The molecule has 3 rings (SSSR count). The molecule has 30 heavy (non-hydrogen) atoms. The van der Waals surface area contributed by atoms with Gasteiger partial charge in [-0.25, -0.2) is 4.79 Å². The van der Waals surface area contributed by atoms with Gasteiger partial charge in [-0.15, -0.1) is 0 Å². The Labute approximate surface area is 173 Å². The molecule has 158 valence electrons. The van der Waals surface area contributed by atoms with Gasteiger partial charge in [0.25, 0.3) is 11.6 Å². The molecule has 0 aromatic heterocycles. The summed E-state index contributed by atoms with van der Waals surface area (Å²) >= 11 is 0. The Hall–Kier alpha value is -3.62. The Balaban J connectivity index is 1.80. The van der Waals surface area contributed by atoms with Crippen molar-refractivity contribution in [1.29, 1.82) is 0 Å². The zero-order valence-electron chi connectivity index (χ0n) is 17.0. The summed E-state index contributed by atoms with van der Waals surface area (Å²) in [6.07, 6.45) is -0.271. The minimum atomic E-state index is -0.749. The lowest BCUT2D eigenvalue weighted by Crippen LogP contribution is -2.46. The van der Waals surface area contributed by atoms with Crippen LogP contribution in [0.2, 0.25) is 0 Å². The lowest BCUT2D eigenvalue weighted by atomic mass is 10.1. The molecule has 1 heterocycles. The van der Waals surface area contributed by atoms with E-state index < -0.39 is 16.8 Å². The maximum absolute atomic E-state index is 12.9. The predicted octanol–water partition coefficient (Wildman–Crippen LogP) is 2.74. The van der Waals surface area contributed by atoms with E-state index in [0.717, 1.165) is 30.1 Å². The number of carbonyl (C=O) groups is 2. The first-order valence-corrected chi connectivity index (χ1v) is 9.48. The molecule has 0 aliphatic carbocycles. The van der Waals surface area contributed by atoms with Gasteiger partial charge >= 0.3 is 5.97 Å². The van der Waals surface area contributed by atoms with Gasteiger partial charge in [-0.1, -0.05) is 12.1 Å². The number of para-hydroxylation sites is 2. The van der Waals surface area contributed by atoms with Crippen LogP contribution in [0.15, 0.2) is 42.5 Å². The molecular formula is C21H23N3O6. The fraction of sp³-hybridized carbons (Fsp3) is 0.333. The van der Waals surface area contributed by atoms with Crippen LogP contribution in [0.5, 0.6) is 5.75 Å². The summed E-state index contributed by atoms with van der Waals surface area (Å²) in [4.78, 5) is 38.9. The highest BCUT2D eigenvalue weighted by atomic mass is 16.6. The molecule has 9 nitrogen and oxygen atoms in total. The summed E-state index contributed by atoms with van der Waals surface area (Å²) in [5.74, 6) is -0.449. The first-order valence-electron chi connectivity index (χ1n) is 9.48. The molecule has 0 saturated carbocycles. The van der Waals surface area contributed by atoms with Gasteiger partial charge in [0.1, 0.15) is 11.9 Å². The number of methoxy groups -OCH3 is 1. The molecule has 0 radical (unpaired) electrons. The topological polar surface area (TPSA) is 102 Å². The number of benzene rings is 2. The lowest BCUT2D eigenvalue weighted by Gasteiger charge is -2.37. The summed E-state index contributed by atoms with van der Waals surface area (Å²) in [6, 6.07) is 11.2. The number of anilines is 1. The second-order valence-corrected chi connectivity index (χ2v) is 6.95. The number of ether oxygens (including phenoxy) is 2. The van der Waals surface area contributed by atoms with E-state index in [1.54, 1.807) is 7.05 Å². The molecule has 0 unspecified atom stereocenters. The Kier molecular flexibility index (Phi) is 6.20. The monoisotopic (exact) mass is 413 g/mol. The minimum Gasteiger partial charge on any atom is -0.485 e. The van der Waals surface area contributed by atoms with Crippen LogP contribution in [0.25, 0.3) is 0 Å². The van der Waals surface area contributed by atoms with Gasteiger partial charge in [-0.2, -0.15) is 0 Å². The SMILES string of the molecule is CCN1C[C@H](CN(C)C(=O)c2cc(C(=O)OC)cc([N+](=O)[O-])c2)Oc2ccccc21. The van der Waals surface area contributed by atoms with Gasteiger partial charge in [0, 0.05) is 31.3 Å². The van der Waals surface area contributed by atoms with Gasteiger partial charge in [0.2, 0.25) is 0 Å². The van der Waals surface area contributed by atoms with Crippen molar-refractivity contribution in [3.63, 3.8) is 0 Å². The second kappa shape index (κ2) is 8.81. The Morgan fingerprint density at radius 3 is 2.63 bits per heavy atom. The zero-order chi connectivity index (χ0) is 21.8. The number of carbonyl (C=O) groups excluding carboxylic acids is 2. The molecule has 2 aromatic carbocycles. The summed E-state index contributed by atoms with van der Waals surface area (Å²) in [5, 5.41) is 11.2. The van der Waals surface area contributed by atoms with Gasteiger partial charge < -0.3 is 19.3 Å². The van der Waals surface area contributed by atoms with E-state index in [9.17, 15) is 19.7 Å². The van der Waals surface area contributed by atoms with Gasteiger partial charge in [-0.05, 0) is 25.1 Å². The number of rotatable bonds is 6. The number of non-ortho nitro benzene ring substituents is 1. The molecule has 1 atom stereocenters. The largest absolute Gasteiger partial charge is 0.485 e. The summed E-state index contributed by atoms with van der Waals surface area (Å²) in [7, 11) is 2.77. The maximum atomic E-state index is 12.9. The van der Waals surface area contributed by atoms with Crippen molar-refractivity contribution in [1.82, 2.24) is 4.90 Å². The van der Waals surface area contributed by atoms with Crippen molar-refractivity contribution in [2.24, 2.45) is 0 Å². The summed E-state index contributed by atoms with van der Waals surface area (Å²) in [6.45, 7) is 3.72. The first kappa shape index (κ1) is 21.1. The molecule has 0 saturated heterocycles. The molecule has 2 aromatic rings. The number of nitro benzene ring substituents is 1. The third-order valence-electron chi connectivity index (χ3n) is 4.93. The predicted molar refractivity (Wildman–Crippen MR) is 110 cm³/mol. The van der Waals surface area contributed by atoms with Crippen molar-refractivity contribution < 1.29 is 24.0 Å². The highest BCUT2D eigenvalue weighted by molar-refractivity contribution is 5.98. The number of esters is 1. The fourth-order valence-corrected chi connectivity index (χ4v) is 3.46. The van der Waals surface area contributed by atoms with E-state index in [2.05, 4.69) is 9.64 Å².